The van der Waals surface area contributed by atoms with Crippen LogP contribution in [-0.4, -0.2) is 39.4 Å². The predicted molar refractivity (Wildman–Crippen MR) is 79.9 cm³/mol. The van der Waals surface area contributed by atoms with Gasteiger partial charge in [-0.1, -0.05) is 11.6 Å². The highest BCUT2D eigenvalue weighted by molar-refractivity contribution is 7.80. The molecule has 0 amide bonds. The van der Waals surface area contributed by atoms with Crippen LogP contribution >= 0.6 is 23.8 Å². The lowest BCUT2D eigenvalue weighted by atomic mass is 10.3. The number of hydrogen-bond donors (Lipinski definition) is 3. The summed E-state index contributed by atoms with van der Waals surface area (Å²) in [6.07, 6.45) is 0. The predicted octanol–water partition coefficient (Wildman–Crippen LogP) is 0.779. The maximum Gasteiger partial charge on any atom is 0.170 e. The third-order valence-electron chi connectivity index (χ3n) is 2.32. The number of halogens is 1. The van der Waals surface area contributed by atoms with Crippen LogP contribution in [0.3, 0.4) is 0 Å². The normalized spacial score (nSPS) is 10.3. The van der Waals surface area contributed by atoms with Gasteiger partial charge in [0, 0.05) is 5.69 Å². The van der Waals surface area contributed by atoms with Gasteiger partial charge in [-0.3, -0.25) is 0 Å². The molecular formula is C12H19ClN3OS+. The van der Waals surface area contributed by atoms with Crippen molar-refractivity contribution in [1.29, 1.82) is 0 Å². The molecular weight excluding hydrogens is 270 g/mol. The molecule has 0 heterocycles. The second-order valence-corrected chi connectivity index (χ2v) is 5.00. The minimum absolute atomic E-state index is 0.558. The molecule has 0 unspecified atom stereocenters. The molecule has 18 heavy (non-hydrogen) atoms. The number of hydrogen-bond acceptors (Lipinski definition) is 2. The van der Waals surface area contributed by atoms with E-state index in [2.05, 4.69) is 24.7 Å². The molecule has 100 valence electrons. The number of likely N-dealkylation sites (N-methyl/N-ethyl adjacent to an activating group) is 1. The first-order valence-electron chi connectivity index (χ1n) is 5.70. The Kier molecular flexibility index (Phi) is 6.18. The second kappa shape index (κ2) is 7.41. The van der Waals surface area contributed by atoms with Crippen molar-refractivity contribution in [3.8, 4) is 5.75 Å². The van der Waals surface area contributed by atoms with Crippen LogP contribution < -0.4 is 20.3 Å². The quantitative estimate of drug-likeness (QED) is 0.700. The fourth-order valence-electron chi connectivity index (χ4n) is 1.35. The molecule has 0 bridgehead atoms. The maximum atomic E-state index is 6.03. The van der Waals surface area contributed by atoms with E-state index in [1.807, 2.05) is 6.07 Å². The Morgan fingerprint density at radius 1 is 1.44 bits per heavy atom. The van der Waals surface area contributed by atoms with Gasteiger partial charge in [-0.25, -0.2) is 0 Å². The fraction of sp³-hybridized carbons (Fsp3) is 0.417. The number of methoxy groups -OCH3 is 1. The van der Waals surface area contributed by atoms with Crippen molar-refractivity contribution in [2.24, 2.45) is 0 Å². The van der Waals surface area contributed by atoms with E-state index in [0.29, 0.717) is 15.9 Å². The first kappa shape index (κ1) is 15.0. The van der Waals surface area contributed by atoms with Gasteiger partial charge in [0.1, 0.15) is 5.75 Å². The zero-order valence-corrected chi connectivity index (χ0v) is 12.4. The summed E-state index contributed by atoms with van der Waals surface area (Å²) >= 11 is 11.2. The zero-order chi connectivity index (χ0) is 13.5. The van der Waals surface area contributed by atoms with Gasteiger partial charge in [0.05, 0.1) is 39.3 Å². The Hall–Kier alpha value is -1.04. The molecule has 0 spiro atoms. The molecule has 1 rings (SSSR count). The number of thiocarbonyl (C=S) groups is 1. The molecule has 0 fully saturated rings. The zero-order valence-electron chi connectivity index (χ0n) is 10.8. The summed E-state index contributed by atoms with van der Waals surface area (Å²) in [6, 6.07) is 5.46. The Labute approximate surface area is 118 Å². The van der Waals surface area contributed by atoms with Gasteiger partial charge in [0.2, 0.25) is 0 Å². The van der Waals surface area contributed by atoms with Crippen LogP contribution in [0.4, 0.5) is 5.69 Å². The molecule has 1 aromatic carbocycles. The van der Waals surface area contributed by atoms with Gasteiger partial charge < -0.3 is 20.3 Å². The Bertz CT molecular complexity index is 412. The maximum absolute atomic E-state index is 6.03. The Balaban J connectivity index is 2.47. The van der Waals surface area contributed by atoms with Crippen molar-refractivity contribution < 1.29 is 9.64 Å². The minimum atomic E-state index is 0.558. The largest absolute Gasteiger partial charge is 0.495 e. The van der Waals surface area contributed by atoms with Crippen molar-refractivity contribution in [3.63, 3.8) is 0 Å². The van der Waals surface area contributed by atoms with Crippen LogP contribution in [0.5, 0.6) is 5.75 Å². The number of nitrogens with one attached hydrogen (secondary N) is 3. The highest BCUT2D eigenvalue weighted by Crippen LogP contribution is 2.26. The number of ether oxygens (including phenoxy) is 1. The van der Waals surface area contributed by atoms with Gasteiger partial charge in [-0.2, -0.15) is 0 Å². The summed E-state index contributed by atoms with van der Waals surface area (Å²) in [5, 5.41) is 7.37. The van der Waals surface area contributed by atoms with Gasteiger partial charge in [0.25, 0.3) is 0 Å². The lowest BCUT2D eigenvalue weighted by Gasteiger charge is -2.12. The molecule has 0 aromatic heterocycles. The van der Waals surface area contributed by atoms with Gasteiger partial charge >= 0.3 is 0 Å². The van der Waals surface area contributed by atoms with Crippen molar-refractivity contribution in [2.75, 3.05) is 39.6 Å². The van der Waals surface area contributed by atoms with Gasteiger partial charge in [-0.15, -0.1) is 0 Å². The van der Waals surface area contributed by atoms with E-state index >= 15 is 0 Å². The van der Waals surface area contributed by atoms with Crippen LogP contribution in [0.2, 0.25) is 5.02 Å². The van der Waals surface area contributed by atoms with Crippen LogP contribution in [0.25, 0.3) is 0 Å². The number of rotatable bonds is 5. The van der Waals surface area contributed by atoms with E-state index in [-0.39, 0.29) is 0 Å². The molecule has 0 aliphatic rings. The lowest BCUT2D eigenvalue weighted by Crippen LogP contribution is -3.06. The molecule has 6 heteroatoms. The number of anilines is 1. The minimum Gasteiger partial charge on any atom is -0.495 e. The van der Waals surface area contributed by atoms with E-state index in [1.165, 1.54) is 4.90 Å². The van der Waals surface area contributed by atoms with Crippen molar-refractivity contribution in [3.05, 3.63) is 23.2 Å². The van der Waals surface area contributed by atoms with Crippen molar-refractivity contribution in [1.82, 2.24) is 5.32 Å². The summed E-state index contributed by atoms with van der Waals surface area (Å²) in [5.74, 6) is 0.650. The van der Waals surface area contributed by atoms with Crippen molar-refractivity contribution in [2.45, 2.75) is 0 Å². The third-order valence-corrected chi connectivity index (χ3v) is 2.86. The van der Waals surface area contributed by atoms with Gasteiger partial charge in [0.15, 0.2) is 5.11 Å². The van der Waals surface area contributed by atoms with E-state index in [0.717, 1.165) is 18.8 Å². The molecule has 1 aromatic rings. The number of benzene rings is 1. The molecule has 0 aliphatic heterocycles. The topological polar surface area (TPSA) is 37.7 Å². The van der Waals surface area contributed by atoms with Crippen LogP contribution in [0.15, 0.2) is 18.2 Å². The van der Waals surface area contributed by atoms with E-state index in [4.69, 9.17) is 28.6 Å². The highest BCUT2D eigenvalue weighted by Gasteiger charge is 2.03. The molecule has 0 aliphatic carbocycles. The highest BCUT2D eigenvalue weighted by atomic mass is 35.5. The number of quaternary nitrogens is 1. The molecule has 0 radical (unpaired) electrons. The van der Waals surface area contributed by atoms with E-state index in [1.54, 1.807) is 19.2 Å². The van der Waals surface area contributed by atoms with Crippen molar-refractivity contribution >= 4 is 34.6 Å². The molecule has 3 N–H and O–H groups in total. The molecule has 0 saturated heterocycles. The molecule has 4 nitrogen and oxygen atoms in total. The standard InChI is InChI=1S/C12H18ClN3OS/c1-16(2)7-6-14-12(18)15-9-4-5-11(17-3)10(13)8-9/h4-5,8H,6-7H2,1-3H3,(H2,14,15,18)/p+1. The smallest absolute Gasteiger partial charge is 0.170 e. The summed E-state index contributed by atoms with van der Waals surface area (Å²) in [7, 11) is 5.78. The van der Waals surface area contributed by atoms with Crippen LogP contribution in [0.1, 0.15) is 0 Å². The molecule has 0 atom stereocenters. The second-order valence-electron chi connectivity index (χ2n) is 4.19. The summed E-state index contributed by atoms with van der Waals surface area (Å²) in [4.78, 5) is 1.37. The monoisotopic (exact) mass is 288 g/mol. The molecule has 0 saturated carbocycles. The Morgan fingerprint density at radius 2 is 2.17 bits per heavy atom. The van der Waals surface area contributed by atoms with E-state index in [9.17, 15) is 0 Å². The lowest BCUT2D eigenvalue weighted by molar-refractivity contribution is -0.856. The van der Waals surface area contributed by atoms with Gasteiger partial charge in [-0.05, 0) is 30.4 Å². The summed E-state index contributed by atoms with van der Waals surface area (Å²) in [5.41, 5.74) is 0.843. The average Bonchev–Trinajstić information content (AvgIpc) is 2.28. The summed E-state index contributed by atoms with van der Waals surface area (Å²) < 4.78 is 5.09. The summed E-state index contributed by atoms with van der Waals surface area (Å²) in [6.45, 7) is 1.84. The van der Waals surface area contributed by atoms with Crippen LogP contribution in [0, 0.1) is 0 Å². The fourth-order valence-corrected chi connectivity index (χ4v) is 1.82. The Morgan fingerprint density at radius 3 is 2.72 bits per heavy atom. The van der Waals surface area contributed by atoms with E-state index < -0.39 is 0 Å². The average molecular weight is 289 g/mol. The SMILES string of the molecule is COc1ccc(NC(=S)NCC[NH+](C)C)cc1Cl. The first-order valence-corrected chi connectivity index (χ1v) is 6.49. The first-order chi connectivity index (χ1) is 8.52. The third kappa shape index (κ3) is 5.08. The van der Waals surface area contributed by atoms with Crippen LogP contribution in [-0.2, 0) is 0 Å².